The summed E-state index contributed by atoms with van der Waals surface area (Å²) in [7, 11) is 3.60. The van der Waals surface area contributed by atoms with Gasteiger partial charge in [0.25, 0.3) is 0 Å². The minimum absolute atomic E-state index is 0.0407. The van der Waals surface area contributed by atoms with Gasteiger partial charge in [-0.3, -0.25) is 10.2 Å². The second-order valence-electron chi connectivity index (χ2n) is 7.31. The molecule has 0 aliphatic carbocycles. The number of ether oxygens (including phenoxy) is 1. The average molecular weight is 381 g/mol. The number of piperidine rings is 1. The highest BCUT2D eigenvalue weighted by Crippen LogP contribution is 2.36. The van der Waals surface area contributed by atoms with Crippen LogP contribution in [0.4, 0.5) is 4.79 Å². The van der Waals surface area contributed by atoms with Gasteiger partial charge in [0.05, 0.1) is 5.41 Å². The zero-order chi connectivity index (χ0) is 20.0. The van der Waals surface area contributed by atoms with Gasteiger partial charge in [0.1, 0.15) is 6.61 Å². The topological polar surface area (TPSA) is 61.9 Å². The molecule has 148 valence electrons. The molecule has 28 heavy (non-hydrogen) atoms. The summed E-state index contributed by atoms with van der Waals surface area (Å²) in [6, 6.07) is 19.4. The number of hydrogen-bond acceptors (Lipinski definition) is 4. The Balaban J connectivity index is 1.67. The molecule has 1 fully saturated rings. The molecular formula is C22H27N3O3. The Morgan fingerprint density at radius 1 is 1.00 bits per heavy atom. The lowest BCUT2D eigenvalue weighted by atomic mass is 9.72. The van der Waals surface area contributed by atoms with Crippen molar-refractivity contribution in [2.45, 2.75) is 24.9 Å². The molecule has 2 amide bonds. The van der Waals surface area contributed by atoms with Crippen LogP contribution in [0.15, 0.2) is 60.7 Å². The molecule has 0 atom stereocenters. The third-order valence-corrected chi connectivity index (χ3v) is 5.17. The number of rotatable bonds is 5. The van der Waals surface area contributed by atoms with Crippen molar-refractivity contribution in [3.8, 4) is 0 Å². The number of nitrogens with one attached hydrogen (secondary N) is 1. The van der Waals surface area contributed by atoms with E-state index in [2.05, 4.69) is 5.43 Å². The van der Waals surface area contributed by atoms with Crippen molar-refractivity contribution in [2.24, 2.45) is 0 Å². The van der Waals surface area contributed by atoms with E-state index < -0.39 is 5.41 Å². The zero-order valence-electron chi connectivity index (χ0n) is 16.4. The number of nitrogens with zero attached hydrogens (tertiary/aromatic N) is 2. The molecule has 0 aromatic heterocycles. The maximum absolute atomic E-state index is 13.0. The van der Waals surface area contributed by atoms with E-state index in [4.69, 9.17) is 4.74 Å². The van der Waals surface area contributed by atoms with Gasteiger partial charge in [-0.1, -0.05) is 60.7 Å². The normalized spacial score (nSPS) is 15.9. The van der Waals surface area contributed by atoms with Crippen LogP contribution in [0, 0.1) is 0 Å². The Labute approximate surface area is 166 Å². The maximum atomic E-state index is 13.0. The Bertz CT molecular complexity index is 785. The molecule has 0 radical (unpaired) electrons. The molecule has 2 aromatic rings. The molecule has 0 saturated carbocycles. The van der Waals surface area contributed by atoms with Crippen LogP contribution in [-0.4, -0.2) is 49.1 Å². The quantitative estimate of drug-likeness (QED) is 0.809. The Morgan fingerprint density at radius 3 is 2.14 bits per heavy atom. The largest absolute Gasteiger partial charge is 0.445 e. The smallest absolute Gasteiger partial charge is 0.410 e. The van der Waals surface area contributed by atoms with E-state index in [-0.39, 0.29) is 18.6 Å². The summed E-state index contributed by atoms with van der Waals surface area (Å²) in [6.07, 6.45) is 0.771. The minimum atomic E-state index is -0.651. The van der Waals surface area contributed by atoms with Gasteiger partial charge in [-0.2, -0.15) is 0 Å². The highest BCUT2D eigenvalue weighted by molar-refractivity contribution is 5.88. The summed E-state index contributed by atoms with van der Waals surface area (Å²) in [5.41, 5.74) is 4.18. The minimum Gasteiger partial charge on any atom is -0.445 e. The fourth-order valence-electron chi connectivity index (χ4n) is 3.60. The second-order valence-corrected chi connectivity index (χ2v) is 7.31. The van der Waals surface area contributed by atoms with Crippen LogP contribution >= 0.6 is 0 Å². The third kappa shape index (κ3) is 4.51. The highest BCUT2D eigenvalue weighted by atomic mass is 16.6. The van der Waals surface area contributed by atoms with Crippen molar-refractivity contribution in [3.05, 3.63) is 71.8 Å². The van der Waals surface area contributed by atoms with E-state index in [1.165, 1.54) is 0 Å². The van der Waals surface area contributed by atoms with Gasteiger partial charge in [-0.25, -0.2) is 9.80 Å². The average Bonchev–Trinajstić information content (AvgIpc) is 2.73. The standard InChI is InChI=1S/C22H27N3O3/c1-24(2)23-20(26)22(19-11-7-4-8-12-19)13-15-25(16-14-22)21(27)28-17-18-9-5-3-6-10-18/h3-12H,13-17H2,1-2H3,(H,23,26). The Kier molecular flexibility index (Phi) is 6.31. The van der Waals surface area contributed by atoms with Gasteiger partial charge in [-0.05, 0) is 24.0 Å². The van der Waals surface area contributed by atoms with Crippen LogP contribution < -0.4 is 5.43 Å². The monoisotopic (exact) mass is 381 g/mol. The third-order valence-electron chi connectivity index (χ3n) is 5.17. The fraction of sp³-hybridized carbons (Fsp3) is 0.364. The van der Waals surface area contributed by atoms with Crippen molar-refractivity contribution in [1.82, 2.24) is 15.3 Å². The van der Waals surface area contributed by atoms with Crippen LogP contribution in [-0.2, 0) is 21.6 Å². The lowest BCUT2D eigenvalue weighted by Crippen LogP contribution is -2.55. The molecule has 1 N–H and O–H groups in total. The van der Waals surface area contributed by atoms with Gasteiger partial charge in [0.15, 0.2) is 0 Å². The predicted molar refractivity (Wildman–Crippen MR) is 107 cm³/mol. The molecular weight excluding hydrogens is 354 g/mol. The van der Waals surface area contributed by atoms with E-state index in [1.54, 1.807) is 24.0 Å². The molecule has 3 rings (SSSR count). The lowest BCUT2D eigenvalue weighted by molar-refractivity contribution is -0.132. The van der Waals surface area contributed by atoms with Gasteiger partial charge < -0.3 is 9.64 Å². The first-order chi connectivity index (χ1) is 13.5. The molecule has 1 aliphatic heterocycles. The number of hydrogen-bond donors (Lipinski definition) is 1. The molecule has 0 unspecified atom stereocenters. The maximum Gasteiger partial charge on any atom is 0.410 e. The van der Waals surface area contributed by atoms with Crippen LogP contribution in [0.25, 0.3) is 0 Å². The van der Waals surface area contributed by atoms with Crippen molar-refractivity contribution >= 4 is 12.0 Å². The summed E-state index contributed by atoms with van der Waals surface area (Å²) >= 11 is 0. The number of carbonyl (C=O) groups excluding carboxylic acids is 2. The van der Waals surface area contributed by atoms with Crippen LogP contribution in [0.2, 0.25) is 0 Å². The van der Waals surface area contributed by atoms with Gasteiger partial charge >= 0.3 is 6.09 Å². The van der Waals surface area contributed by atoms with Crippen molar-refractivity contribution < 1.29 is 14.3 Å². The molecule has 6 nitrogen and oxygen atoms in total. The molecule has 1 saturated heterocycles. The number of likely N-dealkylation sites (tertiary alicyclic amines) is 1. The first-order valence-corrected chi connectivity index (χ1v) is 9.51. The number of hydrazine groups is 1. The van der Waals surface area contributed by atoms with Crippen LogP contribution in [0.1, 0.15) is 24.0 Å². The second kappa shape index (κ2) is 8.89. The SMILES string of the molecule is CN(C)NC(=O)C1(c2ccccc2)CCN(C(=O)OCc2ccccc2)CC1. The molecule has 0 bridgehead atoms. The van der Waals surface area contributed by atoms with Crippen molar-refractivity contribution in [3.63, 3.8) is 0 Å². The Hall–Kier alpha value is -2.86. The molecule has 1 heterocycles. The summed E-state index contributed by atoms with van der Waals surface area (Å²) in [5, 5.41) is 1.66. The number of benzene rings is 2. The van der Waals surface area contributed by atoms with E-state index >= 15 is 0 Å². The van der Waals surface area contributed by atoms with Crippen LogP contribution in [0.3, 0.4) is 0 Å². The molecule has 0 spiro atoms. The van der Waals surface area contributed by atoms with Gasteiger partial charge in [0.2, 0.25) is 5.91 Å². The van der Waals surface area contributed by atoms with E-state index in [0.717, 1.165) is 11.1 Å². The summed E-state index contributed by atoms with van der Waals surface area (Å²) < 4.78 is 5.44. The summed E-state index contributed by atoms with van der Waals surface area (Å²) in [6.45, 7) is 1.20. The van der Waals surface area contributed by atoms with E-state index in [9.17, 15) is 9.59 Å². The summed E-state index contributed by atoms with van der Waals surface area (Å²) in [5.74, 6) is -0.0407. The van der Waals surface area contributed by atoms with E-state index in [1.807, 2.05) is 60.7 Å². The first kappa shape index (κ1) is 19.9. The summed E-state index contributed by atoms with van der Waals surface area (Å²) in [4.78, 5) is 27.2. The fourth-order valence-corrected chi connectivity index (χ4v) is 3.60. The highest BCUT2D eigenvalue weighted by Gasteiger charge is 2.44. The predicted octanol–water partition coefficient (Wildman–Crippen LogP) is 2.95. The van der Waals surface area contributed by atoms with Crippen molar-refractivity contribution in [2.75, 3.05) is 27.2 Å². The number of amides is 2. The first-order valence-electron chi connectivity index (χ1n) is 9.51. The lowest BCUT2D eigenvalue weighted by Gasteiger charge is -2.41. The van der Waals surface area contributed by atoms with Gasteiger partial charge in [-0.15, -0.1) is 0 Å². The van der Waals surface area contributed by atoms with Crippen molar-refractivity contribution in [1.29, 1.82) is 0 Å². The molecule has 6 heteroatoms. The van der Waals surface area contributed by atoms with E-state index in [0.29, 0.717) is 25.9 Å². The molecule has 1 aliphatic rings. The Morgan fingerprint density at radius 2 is 1.57 bits per heavy atom. The number of carbonyl (C=O) groups is 2. The molecule has 2 aromatic carbocycles. The zero-order valence-corrected chi connectivity index (χ0v) is 16.4. The van der Waals surface area contributed by atoms with Gasteiger partial charge in [0, 0.05) is 27.2 Å². The van der Waals surface area contributed by atoms with Crippen LogP contribution in [0.5, 0.6) is 0 Å².